The number of hydrogen-bond donors (Lipinski definition) is 1. The molecule has 14 heavy (non-hydrogen) atoms. The second kappa shape index (κ2) is 4.55. The molecule has 0 amide bonds. The van der Waals surface area contributed by atoms with Crippen molar-refractivity contribution in [3.8, 4) is 5.75 Å². The van der Waals surface area contributed by atoms with Crippen LogP contribution < -0.4 is 4.74 Å². The lowest BCUT2D eigenvalue weighted by Crippen LogP contribution is -2.22. The predicted octanol–water partition coefficient (Wildman–Crippen LogP) is 1.63. The second-order valence-electron chi connectivity index (χ2n) is 2.57. The van der Waals surface area contributed by atoms with Crippen LogP contribution in [-0.2, 0) is 4.79 Å². The molecule has 0 aliphatic heterocycles. The first-order valence-electron chi connectivity index (χ1n) is 3.85. The minimum atomic E-state index is -2.10. The average Bonchev–Trinajstić information content (AvgIpc) is 2.14. The summed E-state index contributed by atoms with van der Waals surface area (Å²) in [6, 6.07) is 5.06. The van der Waals surface area contributed by atoms with Gasteiger partial charge in [0, 0.05) is 6.07 Å². The average molecular weight is 202 g/mol. The molecule has 5 heteroatoms. The Balaban J connectivity index is 2.49. The van der Waals surface area contributed by atoms with Gasteiger partial charge >= 0.3 is 5.97 Å². The van der Waals surface area contributed by atoms with Crippen molar-refractivity contribution in [2.45, 2.75) is 6.17 Å². The molecule has 0 aliphatic rings. The lowest BCUT2D eigenvalue weighted by molar-refractivity contribution is -0.143. The highest BCUT2D eigenvalue weighted by atomic mass is 19.1. The number of ether oxygens (including phenoxy) is 1. The zero-order valence-corrected chi connectivity index (χ0v) is 7.11. The normalized spacial score (nSPS) is 12.1. The van der Waals surface area contributed by atoms with Crippen LogP contribution in [0.2, 0.25) is 0 Å². The molecule has 1 atom stereocenters. The van der Waals surface area contributed by atoms with Gasteiger partial charge in [0.25, 0.3) is 0 Å². The number of carboxylic acids is 1. The fourth-order valence-electron chi connectivity index (χ4n) is 0.797. The number of hydrogen-bond acceptors (Lipinski definition) is 2. The molecular formula is C9H8F2O3. The van der Waals surface area contributed by atoms with E-state index in [1.54, 1.807) is 0 Å². The van der Waals surface area contributed by atoms with Crippen molar-refractivity contribution in [1.29, 1.82) is 0 Å². The lowest BCUT2D eigenvalue weighted by Gasteiger charge is -2.06. The Hall–Kier alpha value is -1.65. The highest BCUT2D eigenvalue weighted by Gasteiger charge is 2.16. The van der Waals surface area contributed by atoms with Gasteiger partial charge in [-0.3, -0.25) is 0 Å². The molecule has 76 valence electrons. The molecule has 3 nitrogen and oxygen atoms in total. The number of carboxylic acid groups (broad SMARTS) is 1. The molecule has 0 fully saturated rings. The minimum absolute atomic E-state index is 0.105. The second-order valence-corrected chi connectivity index (χ2v) is 2.57. The standard InChI is InChI=1S/C9H8F2O3/c10-6-2-1-3-7(4-6)14-5-8(11)9(12)13/h1-4,8H,5H2,(H,12,13). The van der Waals surface area contributed by atoms with E-state index in [1.165, 1.54) is 18.2 Å². The van der Waals surface area contributed by atoms with Crippen LogP contribution in [0.25, 0.3) is 0 Å². The molecule has 0 bridgehead atoms. The van der Waals surface area contributed by atoms with Crippen molar-refractivity contribution in [3.63, 3.8) is 0 Å². The summed E-state index contributed by atoms with van der Waals surface area (Å²) >= 11 is 0. The number of rotatable bonds is 4. The van der Waals surface area contributed by atoms with Crippen molar-refractivity contribution in [1.82, 2.24) is 0 Å². The summed E-state index contributed by atoms with van der Waals surface area (Å²) < 4.78 is 29.8. The Kier molecular flexibility index (Phi) is 3.39. The fraction of sp³-hybridized carbons (Fsp3) is 0.222. The first-order valence-corrected chi connectivity index (χ1v) is 3.85. The maximum atomic E-state index is 12.6. The molecule has 1 aromatic rings. The highest BCUT2D eigenvalue weighted by molar-refractivity contribution is 5.72. The van der Waals surface area contributed by atoms with Gasteiger partial charge in [0.05, 0.1) is 0 Å². The van der Waals surface area contributed by atoms with Crippen LogP contribution in [0.5, 0.6) is 5.75 Å². The number of halogens is 2. The Morgan fingerprint density at radius 3 is 2.86 bits per heavy atom. The zero-order valence-electron chi connectivity index (χ0n) is 7.11. The van der Waals surface area contributed by atoms with Gasteiger partial charge in [-0.05, 0) is 12.1 Å². The summed E-state index contributed by atoms with van der Waals surface area (Å²) in [4.78, 5) is 10.1. The summed E-state index contributed by atoms with van der Waals surface area (Å²) in [5, 5.41) is 8.19. The SMILES string of the molecule is O=C(O)C(F)COc1cccc(F)c1. The van der Waals surface area contributed by atoms with Crippen LogP contribution in [-0.4, -0.2) is 23.9 Å². The third kappa shape index (κ3) is 3.01. The third-order valence-corrected chi connectivity index (χ3v) is 1.46. The van der Waals surface area contributed by atoms with Gasteiger partial charge < -0.3 is 9.84 Å². The van der Waals surface area contributed by atoms with E-state index in [-0.39, 0.29) is 5.75 Å². The van der Waals surface area contributed by atoms with Crippen molar-refractivity contribution >= 4 is 5.97 Å². The molecule has 0 saturated heterocycles. The van der Waals surface area contributed by atoms with E-state index >= 15 is 0 Å². The molecule has 0 aliphatic carbocycles. The molecule has 0 radical (unpaired) electrons. The molecule has 1 rings (SSSR count). The van der Waals surface area contributed by atoms with Crippen LogP contribution in [0, 0.1) is 5.82 Å². The smallest absolute Gasteiger partial charge is 0.341 e. The summed E-state index contributed by atoms with van der Waals surface area (Å²) in [5.41, 5.74) is 0. The van der Waals surface area contributed by atoms with Gasteiger partial charge in [-0.1, -0.05) is 6.07 Å². The summed E-state index contributed by atoms with van der Waals surface area (Å²) in [5.74, 6) is -2.01. The number of aliphatic carboxylic acids is 1. The fourth-order valence-corrected chi connectivity index (χ4v) is 0.797. The molecule has 0 heterocycles. The summed E-state index contributed by atoms with van der Waals surface area (Å²) in [6.45, 7) is -0.626. The number of carbonyl (C=O) groups is 1. The van der Waals surface area contributed by atoms with Gasteiger partial charge in [0.1, 0.15) is 18.2 Å². The number of alkyl halides is 1. The van der Waals surface area contributed by atoms with Crippen LogP contribution in [0.1, 0.15) is 0 Å². The van der Waals surface area contributed by atoms with Crippen LogP contribution in [0.3, 0.4) is 0 Å². The van der Waals surface area contributed by atoms with Gasteiger partial charge in [-0.2, -0.15) is 0 Å². The molecule has 1 unspecified atom stereocenters. The van der Waals surface area contributed by atoms with Crippen molar-refractivity contribution in [2.75, 3.05) is 6.61 Å². The Morgan fingerprint density at radius 2 is 2.29 bits per heavy atom. The molecule has 0 aromatic heterocycles. The van der Waals surface area contributed by atoms with Crippen LogP contribution in [0.4, 0.5) is 8.78 Å². The van der Waals surface area contributed by atoms with E-state index in [1.807, 2.05) is 0 Å². The quantitative estimate of drug-likeness (QED) is 0.807. The first-order chi connectivity index (χ1) is 6.59. The Bertz CT molecular complexity index is 328. The first kappa shape index (κ1) is 10.4. The van der Waals surface area contributed by atoms with Gasteiger partial charge in [-0.15, -0.1) is 0 Å². The third-order valence-electron chi connectivity index (χ3n) is 1.46. The molecule has 0 spiro atoms. The van der Waals surface area contributed by atoms with Gasteiger partial charge in [-0.25, -0.2) is 13.6 Å². The molecular weight excluding hydrogens is 194 g/mol. The Morgan fingerprint density at radius 1 is 1.57 bits per heavy atom. The topological polar surface area (TPSA) is 46.5 Å². The van der Waals surface area contributed by atoms with Crippen molar-refractivity contribution in [3.05, 3.63) is 30.1 Å². The van der Waals surface area contributed by atoms with E-state index in [2.05, 4.69) is 0 Å². The largest absolute Gasteiger partial charge is 0.490 e. The maximum Gasteiger partial charge on any atom is 0.341 e. The highest BCUT2D eigenvalue weighted by Crippen LogP contribution is 2.12. The predicted molar refractivity (Wildman–Crippen MR) is 44.4 cm³/mol. The summed E-state index contributed by atoms with van der Waals surface area (Å²) in [7, 11) is 0. The molecule has 1 N–H and O–H groups in total. The monoisotopic (exact) mass is 202 g/mol. The van der Waals surface area contributed by atoms with Crippen molar-refractivity contribution < 1.29 is 23.4 Å². The van der Waals surface area contributed by atoms with E-state index in [9.17, 15) is 13.6 Å². The van der Waals surface area contributed by atoms with Gasteiger partial charge in [0.2, 0.25) is 6.17 Å². The van der Waals surface area contributed by atoms with Crippen LogP contribution in [0.15, 0.2) is 24.3 Å². The number of benzene rings is 1. The van der Waals surface area contributed by atoms with E-state index < -0.39 is 24.6 Å². The van der Waals surface area contributed by atoms with Gasteiger partial charge in [0.15, 0.2) is 0 Å². The summed E-state index contributed by atoms with van der Waals surface area (Å²) in [6.07, 6.45) is -2.10. The van der Waals surface area contributed by atoms with Crippen molar-refractivity contribution in [2.24, 2.45) is 0 Å². The Labute approximate surface area is 78.9 Å². The van der Waals surface area contributed by atoms with E-state index in [4.69, 9.17) is 9.84 Å². The lowest BCUT2D eigenvalue weighted by atomic mass is 10.3. The van der Waals surface area contributed by atoms with E-state index in [0.29, 0.717) is 0 Å². The molecule has 1 aromatic carbocycles. The minimum Gasteiger partial charge on any atom is -0.490 e. The maximum absolute atomic E-state index is 12.6. The van der Waals surface area contributed by atoms with Crippen LogP contribution >= 0.6 is 0 Å². The zero-order chi connectivity index (χ0) is 10.6. The van der Waals surface area contributed by atoms with E-state index in [0.717, 1.165) is 6.07 Å². The molecule has 0 saturated carbocycles.